The van der Waals surface area contributed by atoms with Crippen molar-refractivity contribution in [1.29, 1.82) is 0 Å². The summed E-state index contributed by atoms with van der Waals surface area (Å²) in [6.45, 7) is 3.40. The molecule has 1 heterocycles. The van der Waals surface area contributed by atoms with E-state index in [1.807, 2.05) is 12.1 Å². The van der Waals surface area contributed by atoms with E-state index >= 15 is 0 Å². The average molecular weight is 282 g/mol. The minimum atomic E-state index is 0.518. The van der Waals surface area contributed by atoms with Gasteiger partial charge >= 0.3 is 0 Å². The van der Waals surface area contributed by atoms with Crippen molar-refractivity contribution in [3.63, 3.8) is 0 Å². The summed E-state index contributed by atoms with van der Waals surface area (Å²) in [7, 11) is 1.59. The van der Waals surface area contributed by atoms with Gasteiger partial charge in [-0.3, -0.25) is 0 Å². The zero-order chi connectivity index (χ0) is 13.7. The molecule has 0 fully saturated rings. The summed E-state index contributed by atoms with van der Waals surface area (Å²) in [5.41, 5.74) is 0.820. The number of anilines is 1. The highest BCUT2D eigenvalue weighted by Gasteiger charge is 2.09. The van der Waals surface area contributed by atoms with Gasteiger partial charge in [-0.05, 0) is 29.0 Å². The smallest absolute Gasteiger partial charge is 0.170 e. The Balaban J connectivity index is 2.10. The van der Waals surface area contributed by atoms with Gasteiger partial charge in [0.1, 0.15) is 0 Å². The van der Waals surface area contributed by atoms with Crippen LogP contribution in [0.3, 0.4) is 0 Å². The lowest BCUT2D eigenvalue weighted by atomic mass is 10.3. The topological polar surface area (TPSA) is 64.9 Å². The molecule has 1 N–H and O–H groups in total. The molecule has 1 aromatic carbocycles. The Hall–Kier alpha value is -1.82. The summed E-state index contributed by atoms with van der Waals surface area (Å²) in [5.74, 6) is 1.41. The average Bonchev–Trinajstić information content (AvgIpc) is 2.84. The summed E-state index contributed by atoms with van der Waals surface area (Å²) < 4.78 is 7.05. The lowest BCUT2D eigenvalue weighted by Gasteiger charge is -2.12. The molecule has 2 aromatic rings. The van der Waals surface area contributed by atoms with Crippen LogP contribution >= 0.6 is 11.6 Å². The molecule has 0 bridgehead atoms. The lowest BCUT2D eigenvalue weighted by molar-refractivity contribution is 0.416. The Morgan fingerprint density at radius 1 is 1.42 bits per heavy atom. The molecular weight excluding hydrogens is 266 g/mol. The maximum absolute atomic E-state index is 6.06. The number of aryl methyl sites for hydroxylation is 1. The third-order valence-corrected chi connectivity index (χ3v) is 2.95. The van der Waals surface area contributed by atoms with E-state index in [4.69, 9.17) is 16.3 Å². The van der Waals surface area contributed by atoms with E-state index in [0.717, 1.165) is 24.5 Å². The zero-order valence-electron chi connectivity index (χ0n) is 10.9. The molecule has 0 saturated heterocycles. The van der Waals surface area contributed by atoms with E-state index in [1.54, 1.807) is 17.9 Å². The molecule has 0 saturated carbocycles. The van der Waals surface area contributed by atoms with E-state index in [-0.39, 0.29) is 0 Å². The van der Waals surface area contributed by atoms with Crippen LogP contribution in [0, 0.1) is 0 Å². The van der Waals surface area contributed by atoms with E-state index in [9.17, 15) is 0 Å². The molecule has 6 nitrogen and oxygen atoms in total. The van der Waals surface area contributed by atoms with Crippen LogP contribution in [0.4, 0.5) is 5.69 Å². The van der Waals surface area contributed by atoms with Gasteiger partial charge in [0.2, 0.25) is 0 Å². The Bertz CT molecular complexity index is 543. The molecule has 102 valence electrons. The number of rotatable bonds is 6. The number of nitrogens with zero attached hydrogens (tertiary/aromatic N) is 4. The predicted octanol–water partition coefficient (Wildman–Crippen LogP) is 2.36. The van der Waals surface area contributed by atoms with E-state index in [0.29, 0.717) is 17.3 Å². The fourth-order valence-electron chi connectivity index (χ4n) is 1.77. The fourth-order valence-corrected chi connectivity index (χ4v) is 2.02. The number of aromatic nitrogens is 4. The first-order valence-electron chi connectivity index (χ1n) is 6.07. The highest BCUT2D eigenvalue weighted by Crippen LogP contribution is 2.32. The monoisotopic (exact) mass is 281 g/mol. The summed E-state index contributed by atoms with van der Waals surface area (Å²) in [5, 5.41) is 15.4. The van der Waals surface area contributed by atoms with Crippen LogP contribution in [0.1, 0.15) is 19.2 Å². The minimum Gasteiger partial charge on any atom is -0.493 e. The second-order valence-corrected chi connectivity index (χ2v) is 4.40. The molecule has 0 atom stereocenters. The van der Waals surface area contributed by atoms with E-state index < -0.39 is 0 Å². The summed E-state index contributed by atoms with van der Waals surface area (Å²) in [6.07, 6.45) is 0.985. The van der Waals surface area contributed by atoms with Gasteiger partial charge in [-0.2, -0.15) is 0 Å². The van der Waals surface area contributed by atoms with Crippen molar-refractivity contribution in [3.8, 4) is 5.75 Å². The Morgan fingerprint density at radius 3 is 3.00 bits per heavy atom. The Morgan fingerprint density at radius 2 is 2.26 bits per heavy atom. The van der Waals surface area contributed by atoms with Gasteiger partial charge in [0.25, 0.3) is 0 Å². The van der Waals surface area contributed by atoms with Crippen LogP contribution in [0.25, 0.3) is 0 Å². The van der Waals surface area contributed by atoms with Gasteiger partial charge in [0, 0.05) is 6.54 Å². The molecular formula is C12H16ClN5O. The summed E-state index contributed by atoms with van der Waals surface area (Å²) >= 11 is 6.06. The predicted molar refractivity (Wildman–Crippen MR) is 73.4 cm³/mol. The molecule has 0 aliphatic carbocycles. The van der Waals surface area contributed by atoms with Crippen molar-refractivity contribution >= 4 is 17.3 Å². The van der Waals surface area contributed by atoms with Crippen molar-refractivity contribution in [3.05, 3.63) is 29.0 Å². The maximum atomic E-state index is 6.06. The minimum absolute atomic E-state index is 0.518. The van der Waals surface area contributed by atoms with Crippen molar-refractivity contribution in [1.82, 2.24) is 20.2 Å². The standard InChI is InChI=1S/C12H16ClN5O/c1-3-7-18-11(15-16-17-18)8-14-10-6-4-5-9(13)12(10)19-2/h4-6,14H,3,7-8H2,1-2H3. The van der Waals surface area contributed by atoms with Crippen LogP contribution in [-0.4, -0.2) is 27.3 Å². The second-order valence-electron chi connectivity index (χ2n) is 3.99. The molecule has 0 radical (unpaired) electrons. The van der Waals surface area contributed by atoms with Gasteiger partial charge in [0.05, 0.1) is 24.4 Å². The molecule has 0 amide bonds. The zero-order valence-corrected chi connectivity index (χ0v) is 11.7. The first-order valence-corrected chi connectivity index (χ1v) is 6.45. The quantitative estimate of drug-likeness (QED) is 0.880. The Labute approximate surface area is 116 Å². The maximum Gasteiger partial charge on any atom is 0.170 e. The van der Waals surface area contributed by atoms with Crippen LogP contribution < -0.4 is 10.1 Å². The number of nitrogens with one attached hydrogen (secondary N) is 1. The molecule has 0 unspecified atom stereocenters. The summed E-state index contributed by atoms with van der Waals surface area (Å²) in [6, 6.07) is 5.55. The van der Waals surface area contributed by atoms with Crippen molar-refractivity contribution < 1.29 is 4.74 Å². The molecule has 7 heteroatoms. The molecule has 2 rings (SSSR count). The number of hydrogen-bond acceptors (Lipinski definition) is 5. The first kappa shape index (κ1) is 13.6. The molecule has 0 aliphatic rings. The first-order chi connectivity index (χ1) is 9.26. The third-order valence-electron chi connectivity index (χ3n) is 2.65. The van der Waals surface area contributed by atoms with Crippen LogP contribution in [0.15, 0.2) is 18.2 Å². The van der Waals surface area contributed by atoms with Crippen LogP contribution in [0.5, 0.6) is 5.75 Å². The van der Waals surface area contributed by atoms with Gasteiger partial charge in [-0.15, -0.1) is 5.10 Å². The molecule has 19 heavy (non-hydrogen) atoms. The highest BCUT2D eigenvalue weighted by molar-refractivity contribution is 6.32. The van der Waals surface area contributed by atoms with Crippen molar-refractivity contribution in [2.75, 3.05) is 12.4 Å². The van der Waals surface area contributed by atoms with Crippen molar-refractivity contribution in [2.24, 2.45) is 0 Å². The number of ether oxygens (including phenoxy) is 1. The molecule has 1 aromatic heterocycles. The normalized spacial score (nSPS) is 10.5. The van der Waals surface area contributed by atoms with Gasteiger partial charge in [-0.1, -0.05) is 24.6 Å². The molecule has 0 spiro atoms. The fraction of sp³-hybridized carbons (Fsp3) is 0.417. The van der Waals surface area contributed by atoms with Gasteiger partial charge < -0.3 is 10.1 Å². The van der Waals surface area contributed by atoms with Gasteiger partial charge in [-0.25, -0.2) is 4.68 Å². The van der Waals surface area contributed by atoms with Crippen LogP contribution in [-0.2, 0) is 13.1 Å². The lowest BCUT2D eigenvalue weighted by Crippen LogP contribution is -2.10. The number of methoxy groups -OCH3 is 1. The van der Waals surface area contributed by atoms with E-state index in [2.05, 4.69) is 27.8 Å². The van der Waals surface area contributed by atoms with Gasteiger partial charge in [0.15, 0.2) is 11.6 Å². The number of tetrazole rings is 1. The number of para-hydroxylation sites is 1. The second kappa shape index (κ2) is 6.38. The molecule has 0 aliphatic heterocycles. The number of halogens is 1. The largest absolute Gasteiger partial charge is 0.493 e. The SMILES string of the molecule is CCCn1nnnc1CNc1cccc(Cl)c1OC. The van der Waals surface area contributed by atoms with Crippen LogP contribution in [0.2, 0.25) is 5.02 Å². The number of benzene rings is 1. The third kappa shape index (κ3) is 3.14. The van der Waals surface area contributed by atoms with Crippen molar-refractivity contribution in [2.45, 2.75) is 26.4 Å². The number of hydrogen-bond donors (Lipinski definition) is 1. The summed E-state index contributed by atoms with van der Waals surface area (Å²) in [4.78, 5) is 0. The highest BCUT2D eigenvalue weighted by atomic mass is 35.5. The Kier molecular flexibility index (Phi) is 4.57. The van der Waals surface area contributed by atoms with E-state index in [1.165, 1.54) is 0 Å².